The van der Waals surface area contributed by atoms with Crippen LogP contribution in [-0.4, -0.2) is 41.8 Å². The zero-order valence-electron chi connectivity index (χ0n) is 13.4. The van der Waals surface area contributed by atoms with Crippen LogP contribution in [0.5, 0.6) is 5.75 Å². The lowest BCUT2D eigenvalue weighted by Crippen LogP contribution is -2.35. The van der Waals surface area contributed by atoms with Gasteiger partial charge in [-0.15, -0.1) is 0 Å². The Hall–Kier alpha value is -1.76. The van der Waals surface area contributed by atoms with E-state index in [1.54, 1.807) is 24.3 Å². The van der Waals surface area contributed by atoms with Crippen LogP contribution in [0.2, 0.25) is 0 Å². The van der Waals surface area contributed by atoms with Gasteiger partial charge in [0.2, 0.25) is 0 Å². The Kier molecular flexibility index (Phi) is 6.48. The molecule has 24 heavy (non-hydrogen) atoms. The van der Waals surface area contributed by atoms with Crippen LogP contribution in [0.3, 0.4) is 0 Å². The number of hydrogen-bond donors (Lipinski definition) is 1. The minimum absolute atomic E-state index is 0.198. The predicted octanol–water partition coefficient (Wildman–Crippen LogP) is 3.70. The Bertz CT molecular complexity index is 531. The van der Waals surface area contributed by atoms with E-state index < -0.39 is 18.8 Å². The van der Waals surface area contributed by atoms with Crippen LogP contribution in [0, 0.1) is 5.92 Å². The largest absolute Gasteiger partial charge is 0.484 e. The van der Waals surface area contributed by atoms with Crippen LogP contribution in [0.1, 0.15) is 31.2 Å². The maximum atomic E-state index is 12.1. The summed E-state index contributed by atoms with van der Waals surface area (Å²) in [6.07, 6.45) is -1.36. The second-order valence-corrected chi connectivity index (χ2v) is 6.22. The molecule has 1 fully saturated rings. The molecule has 0 bridgehead atoms. The fourth-order valence-corrected chi connectivity index (χ4v) is 2.97. The number of benzene rings is 1. The van der Waals surface area contributed by atoms with Gasteiger partial charge >= 0.3 is 12.1 Å². The molecule has 2 rings (SSSR count). The Morgan fingerprint density at radius 3 is 2.62 bits per heavy atom. The minimum atomic E-state index is -4.34. The third kappa shape index (κ3) is 6.78. The number of hydrogen-bond acceptors (Lipinski definition) is 3. The summed E-state index contributed by atoms with van der Waals surface area (Å²) in [5.41, 5.74) is 1.01. The van der Waals surface area contributed by atoms with Crippen LogP contribution in [0.4, 0.5) is 13.2 Å². The molecule has 1 aromatic rings. The number of rotatable bonds is 7. The molecule has 0 radical (unpaired) electrons. The van der Waals surface area contributed by atoms with E-state index in [0.29, 0.717) is 18.9 Å². The molecule has 1 saturated heterocycles. The van der Waals surface area contributed by atoms with E-state index in [-0.39, 0.29) is 12.2 Å². The first-order valence-corrected chi connectivity index (χ1v) is 8.04. The van der Waals surface area contributed by atoms with Gasteiger partial charge in [-0.05, 0) is 49.4 Å². The Labute approximate surface area is 139 Å². The summed E-state index contributed by atoms with van der Waals surface area (Å²) < 4.78 is 41.0. The molecule has 4 nitrogen and oxygen atoms in total. The summed E-state index contributed by atoms with van der Waals surface area (Å²) in [6.45, 7) is 1.24. The van der Waals surface area contributed by atoms with Gasteiger partial charge in [-0.1, -0.05) is 12.1 Å². The molecular formula is C17H22F3NO3. The highest BCUT2D eigenvalue weighted by Gasteiger charge is 2.28. The van der Waals surface area contributed by atoms with Crippen molar-refractivity contribution in [1.82, 2.24) is 4.90 Å². The second kappa shape index (κ2) is 8.37. The number of carbonyl (C=O) groups is 1. The highest BCUT2D eigenvalue weighted by molar-refractivity contribution is 5.66. The molecular weight excluding hydrogens is 323 g/mol. The van der Waals surface area contributed by atoms with Crippen molar-refractivity contribution in [2.75, 3.05) is 19.7 Å². The average molecular weight is 345 g/mol. The Morgan fingerprint density at radius 2 is 2.00 bits per heavy atom. The van der Waals surface area contributed by atoms with Crippen LogP contribution >= 0.6 is 0 Å². The van der Waals surface area contributed by atoms with Gasteiger partial charge in [0.1, 0.15) is 5.75 Å². The molecule has 7 heteroatoms. The maximum Gasteiger partial charge on any atom is 0.422 e. The zero-order valence-corrected chi connectivity index (χ0v) is 13.4. The minimum Gasteiger partial charge on any atom is -0.484 e. The molecule has 0 spiro atoms. The molecule has 1 aliphatic heterocycles. The van der Waals surface area contributed by atoms with Gasteiger partial charge in [0.05, 0.1) is 0 Å². The molecule has 1 heterocycles. The summed E-state index contributed by atoms with van der Waals surface area (Å²) in [5.74, 6) is -0.167. The normalized spacial score (nSPS) is 19.2. The summed E-state index contributed by atoms with van der Waals surface area (Å²) >= 11 is 0. The molecule has 0 amide bonds. The Morgan fingerprint density at radius 1 is 1.29 bits per heavy atom. The van der Waals surface area contributed by atoms with Gasteiger partial charge < -0.3 is 9.84 Å². The number of alkyl halides is 3. The highest BCUT2D eigenvalue weighted by Crippen LogP contribution is 2.23. The van der Waals surface area contributed by atoms with Crippen molar-refractivity contribution in [1.29, 1.82) is 0 Å². The first-order chi connectivity index (χ1) is 11.3. The van der Waals surface area contributed by atoms with E-state index in [2.05, 4.69) is 4.90 Å². The first-order valence-electron chi connectivity index (χ1n) is 8.04. The molecule has 1 aromatic carbocycles. The SMILES string of the molecule is O=C(O)CCC1CCCN(Cc2ccc(OCC(F)(F)F)cc2)C1. The Balaban J connectivity index is 1.81. The summed E-state index contributed by atoms with van der Waals surface area (Å²) in [5, 5.41) is 8.77. The first kappa shape index (κ1) is 18.6. The van der Waals surface area contributed by atoms with Gasteiger partial charge in [0, 0.05) is 19.5 Å². The van der Waals surface area contributed by atoms with E-state index in [1.165, 1.54) is 0 Å². The zero-order chi connectivity index (χ0) is 17.6. The van der Waals surface area contributed by atoms with E-state index in [9.17, 15) is 18.0 Å². The number of carboxylic acid groups (broad SMARTS) is 1. The second-order valence-electron chi connectivity index (χ2n) is 6.22. The van der Waals surface area contributed by atoms with Gasteiger partial charge in [-0.25, -0.2) is 0 Å². The van der Waals surface area contributed by atoms with Crippen molar-refractivity contribution in [3.8, 4) is 5.75 Å². The third-order valence-corrected chi connectivity index (χ3v) is 4.10. The maximum absolute atomic E-state index is 12.1. The summed E-state index contributed by atoms with van der Waals surface area (Å²) in [4.78, 5) is 12.9. The highest BCUT2D eigenvalue weighted by atomic mass is 19.4. The van der Waals surface area contributed by atoms with Gasteiger partial charge in [0.25, 0.3) is 0 Å². The predicted molar refractivity (Wildman–Crippen MR) is 82.9 cm³/mol. The van der Waals surface area contributed by atoms with Crippen molar-refractivity contribution in [2.24, 2.45) is 5.92 Å². The lowest BCUT2D eigenvalue weighted by atomic mass is 9.93. The number of ether oxygens (including phenoxy) is 1. The van der Waals surface area contributed by atoms with Crippen LogP contribution in [-0.2, 0) is 11.3 Å². The number of carboxylic acids is 1. The van der Waals surface area contributed by atoms with E-state index in [1.807, 2.05) is 0 Å². The third-order valence-electron chi connectivity index (χ3n) is 4.10. The number of piperidine rings is 1. The van der Waals surface area contributed by atoms with Gasteiger partial charge in [0.15, 0.2) is 6.61 Å². The number of nitrogens with zero attached hydrogens (tertiary/aromatic N) is 1. The van der Waals surface area contributed by atoms with E-state index in [0.717, 1.165) is 31.5 Å². The molecule has 134 valence electrons. The number of aliphatic carboxylic acids is 1. The molecule has 0 aliphatic carbocycles. The van der Waals surface area contributed by atoms with Crippen LogP contribution < -0.4 is 4.74 Å². The molecule has 1 unspecified atom stereocenters. The number of halogens is 3. The summed E-state index contributed by atoms with van der Waals surface area (Å²) in [6, 6.07) is 6.64. The molecule has 0 saturated carbocycles. The number of likely N-dealkylation sites (tertiary alicyclic amines) is 1. The molecule has 1 atom stereocenters. The van der Waals surface area contributed by atoms with Crippen LogP contribution in [0.15, 0.2) is 24.3 Å². The quantitative estimate of drug-likeness (QED) is 0.819. The standard InChI is InChI=1S/C17H22F3NO3/c18-17(19,20)12-24-15-6-3-14(4-7-15)11-21-9-1-2-13(10-21)5-8-16(22)23/h3-4,6-7,13H,1-2,5,8-12H2,(H,22,23). The van der Waals surface area contributed by atoms with Crippen LogP contribution in [0.25, 0.3) is 0 Å². The fraction of sp³-hybridized carbons (Fsp3) is 0.588. The monoisotopic (exact) mass is 345 g/mol. The fourth-order valence-electron chi connectivity index (χ4n) is 2.97. The van der Waals surface area contributed by atoms with Gasteiger partial charge in [-0.3, -0.25) is 9.69 Å². The molecule has 1 N–H and O–H groups in total. The summed E-state index contributed by atoms with van der Waals surface area (Å²) in [7, 11) is 0. The van der Waals surface area contributed by atoms with Crippen molar-refractivity contribution < 1.29 is 27.8 Å². The lowest BCUT2D eigenvalue weighted by molar-refractivity contribution is -0.153. The topological polar surface area (TPSA) is 49.8 Å². The van der Waals surface area contributed by atoms with Crippen molar-refractivity contribution in [3.05, 3.63) is 29.8 Å². The smallest absolute Gasteiger partial charge is 0.422 e. The average Bonchev–Trinajstić information content (AvgIpc) is 2.52. The van der Waals surface area contributed by atoms with Crippen molar-refractivity contribution in [2.45, 2.75) is 38.4 Å². The van der Waals surface area contributed by atoms with Crippen molar-refractivity contribution in [3.63, 3.8) is 0 Å². The van der Waals surface area contributed by atoms with Gasteiger partial charge in [-0.2, -0.15) is 13.2 Å². The lowest BCUT2D eigenvalue weighted by Gasteiger charge is -2.32. The van der Waals surface area contributed by atoms with E-state index >= 15 is 0 Å². The molecule has 0 aromatic heterocycles. The molecule has 1 aliphatic rings. The van der Waals surface area contributed by atoms with E-state index in [4.69, 9.17) is 9.84 Å². The van der Waals surface area contributed by atoms with Crippen molar-refractivity contribution >= 4 is 5.97 Å².